The van der Waals surface area contributed by atoms with Crippen molar-refractivity contribution in [1.29, 1.82) is 0 Å². The van der Waals surface area contributed by atoms with Crippen LogP contribution in [0.25, 0.3) is 11.0 Å². The number of nitrogens with zero attached hydrogens (tertiary/aromatic N) is 3. The molecule has 5 rings (SSSR count). The van der Waals surface area contributed by atoms with Crippen molar-refractivity contribution in [1.82, 2.24) is 15.0 Å². The number of aromatic nitrogens is 1. The average molecular weight is 616 g/mol. The fraction of sp³-hybridized carbons (Fsp3) is 0.300. The van der Waals surface area contributed by atoms with Crippen molar-refractivity contribution < 1.29 is 52.9 Å². The average Bonchev–Trinajstić information content (AvgIpc) is 3.58. The number of rotatable bonds is 8. The quantitative estimate of drug-likeness (QED) is 0.270. The van der Waals surface area contributed by atoms with Crippen molar-refractivity contribution >= 4 is 34.8 Å². The van der Waals surface area contributed by atoms with Crippen LogP contribution in [-0.4, -0.2) is 85.4 Å². The van der Waals surface area contributed by atoms with Gasteiger partial charge in [0.2, 0.25) is 0 Å². The van der Waals surface area contributed by atoms with E-state index >= 15 is 0 Å². The maximum absolute atomic E-state index is 13.4. The highest BCUT2D eigenvalue weighted by Crippen LogP contribution is 2.33. The first-order valence-electron chi connectivity index (χ1n) is 13.5. The Morgan fingerprint density at radius 1 is 0.750 bits per heavy atom. The number of carboxylic acids is 4. The summed E-state index contributed by atoms with van der Waals surface area (Å²) in [4.78, 5) is 43.1. The molecule has 0 radical (unpaired) electrons. The molecular formula is C30H31F2N3O9. The fourth-order valence-corrected chi connectivity index (χ4v) is 4.82. The maximum Gasteiger partial charge on any atom is 0.328 e. The number of hydrogen-bond donors (Lipinski definition) is 4. The third-order valence-electron chi connectivity index (χ3n) is 6.86. The third kappa shape index (κ3) is 10.7. The van der Waals surface area contributed by atoms with Gasteiger partial charge in [-0.3, -0.25) is 4.90 Å². The Kier molecular flexibility index (Phi) is 12.2. The summed E-state index contributed by atoms with van der Waals surface area (Å²) in [7, 11) is 0. The van der Waals surface area contributed by atoms with Gasteiger partial charge >= 0.3 is 23.9 Å². The first-order chi connectivity index (χ1) is 20.9. The molecule has 2 aliphatic rings. The minimum atomic E-state index is -1.26. The van der Waals surface area contributed by atoms with Crippen LogP contribution in [0.3, 0.4) is 0 Å². The predicted molar refractivity (Wildman–Crippen MR) is 152 cm³/mol. The van der Waals surface area contributed by atoms with Gasteiger partial charge in [-0.25, -0.2) is 28.0 Å². The number of halogens is 2. The number of fused-ring (bicyclic) bond motifs is 2. The minimum absolute atomic E-state index is 0.147. The summed E-state index contributed by atoms with van der Waals surface area (Å²) >= 11 is 0. The number of hydrogen-bond acceptors (Lipinski definition) is 8. The number of benzene rings is 2. The summed E-state index contributed by atoms with van der Waals surface area (Å²) in [6, 6.07) is 9.77. The zero-order valence-electron chi connectivity index (χ0n) is 23.4. The number of carbonyl (C=O) groups is 4. The number of carboxylic acid groups (broad SMARTS) is 4. The van der Waals surface area contributed by atoms with E-state index in [1.54, 1.807) is 18.2 Å². The van der Waals surface area contributed by atoms with E-state index in [-0.39, 0.29) is 11.6 Å². The standard InChI is InChI=1S/C22H23F2N3O.2C4H4O4/c23-18-2-1-16-13-27(14-17(16)11-18)10-9-26-7-5-15(6-8-26)22-20-4-3-19(24)12-21(20)28-25-22;2*5-3(6)1-2-4(7)8/h1-4,11-12,15H,5-10,13-14H2;2*1-2H,(H,5,6)(H,7,8)/b;2*2-1+. The summed E-state index contributed by atoms with van der Waals surface area (Å²) in [5.41, 5.74) is 3.86. The molecule has 3 aromatic rings. The molecule has 0 spiro atoms. The van der Waals surface area contributed by atoms with Gasteiger partial charge < -0.3 is 29.8 Å². The fourth-order valence-electron chi connectivity index (χ4n) is 4.82. The SMILES string of the molecule is Fc1ccc2c(c1)CN(CCN1CCC(c3noc4cc(F)ccc34)CC1)C2.O=C(O)/C=C/C(=O)O.O=C(O)/C=C/C(=O)O. The zero-order chi connectivity index (χ0) is 32.2. The van der Waals surface area contributed by atoms with Crippen molar-refractivity contribution in [3.05, 3.63) is 89.2 Å². The van der Waals surface area contributed by atoms with Crippen LogP contribution in [0.2, 0.25) is 0 Å². The molecule has 0 saturated carbocycles. The molecule has 0 bridgehead atoms. The molecule has 14 heteroatoms. The normalized spacial score (nSPS) is 15.4. The molecule has 44 heavy (non-hydrogen) atoms. The van der Waals surface area contributed by atoms with Crippen molar-refractivity contribution in [2.24, 2.45) is 0 Å². The van der Waals surface area contributed by atoms with Crippen molar-refractivity contribution in [3.8, 4) is 0 Å². The second-order valence-electron chi connectivity index (χ2n) is 9.97. The first-order valence-corrected chi connectivity index (χ1v) is 13.5. The lowest BCUT2D eigenvalue weighted by Crippen LogP contribution is -2.38. The van der Waals surface area contributed by atoms with E-state index in [2.05, 4.69) is 15.0 Å². The van der Waals surface area contributed by atoms with Crippen molar-refractivity contribution in [2.45, 2.75) is 31.8 Å². The largest absolute Gasteiger partial charge is 0.478 e. The van der Waals surface area contributed by atoms with Crippen LogP contribution in [0.4, 0.5) is 8.78 Å². The van der Waals surface area contributed by atoms with Crippen LogP contribution in [-0.2, 0) is 32.3 Å². The molecule has 234 valence electrons. The van der Waals surface area contributed by atoms with Gasteiger partial charge in [0.1, 0.15) is 11.6 Å². The Morgan fingerprint density at radius 2 is 1.25 bits per heavy atom. The Morgan fingerprint density at radius 3 is 1.82 bits per heavy atom. The van der Waals surface area contributed by atoms with E-state index in [1.807, 2.05) is 6.07 Å². The Labute approximate surface area is 250 Å². The van der Waals surface area contributed by atoms with Gasteiger partial charge in [-0.1, -0.05) is 11.2 Å². The van der Waals surface area contributed by atoms with Crippen LogP contribution in [0, 0.1) is 11.6 Å². The van der Waals surface area contributed by atoms with Crippen LogP contribution < -0.4 is 0 Å². The Hall–Kier alpha value is -4.95. The molecule has 0 unspecified atom stereocenters. The highest BCUT2D eigenvalue weighted by atomic mass is 19.1. The smallest absolute Gasteiger partial charge is 0.328 e. The van der Waals surface area contributed by atoms with Crippen LogP contribution in [0.1, 0.15) is 35.6 Å². The minimum Gasteiger partial charge on any atom is -0.478 e. The lowest BCUT2D eigenvalue weighted by Gasteiger charge is -2.32. The summed E-state index contributed by atoms with van der Waals surface area (Å²) in [5, 5.41) is 36.4. The second-order valence-corrected chi connectivity index (χ2v) is 9.97. The summed E-state index contributed by atoms with van der Waals surface area (Å²) in [6.45, 7) is 5.81. The van der Waals surface area contributed by atoms with Gasteiger partial charge in [-0.2, -0.15) is 0 Å². The van der Waals surface area contributed by atoms with Gasteiger partial charge in [0, 0.05) is 67.9 Å². The van der Waals surface area contributed by atoms with Crippen LogP contribution >= 0.6 is 0 Å². The van der Waals surface area contributed by atoms with Crippen molar-refractivity contribution in [2.75, 3.05) is 26.2 Å². The number of likely N-dealkylation sites (tertiary alicyclic amines) is 1. The molecular weight excluding hydrogens is 584 g/mol. The van der Waals surface area contributed by atoms with Crippen LogP contribution in [0.5, 0.6) is 0 Å². The molecule has 3 heterocycles. The van der Waals surface area contributed by atoms with Gasteiger partial charge in [0.25, 0.3) is 0 Å². The molecule has 0 amide bonds. The van der Waals surface area contributed by atoms with E-state index in [0.29, 0.717) is 35.8 Å². The monoisotopic (exact) mass is 615 g/mol. The number of aliphatic carboxylic acids is 4. The van der Waals surface area contributed by atoms with Gasteiger partial charge in [0.15, 0.2) is 5.58 Å². The molecule has 12 nitrogen and oxygen atoms in total. The van der Waals surface area contributed by atoms with Gasteiger partial charge in [-0.05, 0) is 61.3 Å². The molecule has 1 fully saturated rings. The molecule has 2 aromatic carbocycles. The summed E-state index contributed by atoms with van der Waals surface area (Å²) < 4.78 is 32.0. The van der Waals surface area contributed by atoms with E-state index in [9.17, 15) is 28.0 Å². The molecule has 0 atom stereocenters. The highest BCUT2D eigenvalue weighted by molar-refractivity contribution is 5.90. The van der Waals surface area contributed by atoms with E-state index < -0.39 is 23.9 Å². The predicted octanol–water partition coefficient (Wildman–Crippen LogP) is 3.72. The lowest BCUT2D eigenvalue weighted by molar-refractivity contribution is -0.134. The Balaban J connectivity index is 0.000000275. The maximum atomic E-state index is 13.4. The molecule has 4 N–H and O–H groups in total. The van der Waals surface area contributed by atoms with E-state index in [1.165, 1.54) is 17.7 Å². The van der Waals surface area contributed by atoms with Crippen molar-refractivity contribution in [3.63, 3.8) is 0 Å². The summed E-state index contributed by atoms with van der Waals surface area (Å²) in [6.07, 6.45) is 4.30. The molecule has 2 aliphatic heterocycles. The zero-order valence-corrected chi connectivity index (χ0v) is 23.4. The highest BCUT2D eigenvalue weighted by Gasteiger charge is 2.26. The van der Waals surface area contributed by atoms with Crippen LogP contribution in [0.15, 0.2) is 65.2 Å². The number of piperidine rings is 1. The van der Waals surface area contributed by atoms with Gasteiger partial charge in [0.05, 0.1) is 5.69 Å². The first kappa shape index (κ1) is 33.6. The van der Waals surface area contributed by atoms with E-state index in [0.717, 1.165) is 68.8 Å². The molecule has 1 aromatic heterocycles. The topological polar surface area (TPSA) is 182 Å². The summed E-state index contributed by atoms with van der Waals surface area (Å²) in [5.74, 6) is -5.11. The molecule has 1 saturated heterocycles. The third-order valence-corrected chi connectivity index (χ3v) is 6.86. The van der Waals surface area contributed by atoms with E-state index in [4.69, 9.17) is 24.9 Å². The molecule has 0 aliphatic carbocycles. The second kappa shape index (κ2) is 16.0. The van der Waals surface area contributed by atoms with Gasteiger partial charge in [-0.15, -0.1) is 0 Å². The Bertz CT molecular complexity index is 1480. The lowest BCUT2D eigenvalue weighted by atomic mass is 9.91.